The summed E-state index contributed by atoms with van der Waals surface area (Å²) in [6.07, 6.45) is 8.64. The highest BCUT2D eigenvalue weighted by Gasteiger charge is 2.46. The van der Waals surface area contributed by atoms with Gasteiger partial charge in [-0.05, 0) is 37.5 Å². The van der Waals surface area contributed by atoms with Crippen molar-refractivity contribution in [3.8, 4) is 0 Å². The van der Waals surface area contributed by atoms with E-state index < -0.39 is 0 Å². The predicted molar refractivity (Wildman–Crippen MR) is 87.5 cm³/mol. The number of carbonyl (C=O) groups is 3. The van der Waals surface area contributed by atoms with Gasteiger partial charge in [-0.3, -0.25) is 24.3 Å². The molecule has 6 nitrogen and oxygen atoms in total. The van der Waals surface area contributed by atoms with Gasteiger partial charge in [0.05, 0.1) is 17.9 Å². The van der Waals surface area contributed by atoms with Crippen molar-refractivity contribution in [3.05, 3.63) is 42.2 Å². The molecule has 2 heterocycles. The molecule has 1 aliphatic carbocycles. The topological polar surface area (TPSA) is 79.4 Å². The molecular formula is C18H21N3O3. The first-order valence-electron chi connectivity index (χ1n) is 8.27. The number of allylic oxidation sites excluding steroid dienone is 2. The molecule has 0 saturated carbocycles. The van der Waals surface area contributed by atoms with Crippen molar-refractivity contribution >= 4 is 17.7 Å². The highest BCUT2D eigenvalue weighted by atomic mass is 16.2. The van der Waals surface area contributed by atoms with Gasteiger partial charge in [-0.1, -0.05) is 12.2 Å². The molecule has 126 valence electrons. The summed E-state index contributed by atoms with van der Waals surface area (Å²) in [5, 5.41) is 2.88. The largest absolute Gasteiger partial charge is 0.350 e. The lowest BCUT2D eigenvalue weighted by molar-refractivity contribution is -0.140. The van der Waals surface area contributed by atoms with E-state index in [9.17, 15) is 14.4 Å². The Bertz CT molecular complexity index is 645. The lowest BCUT2D eigenvalue weighted by Gasteiger charge is -2.17. The molecule has 0 bridgehead atoms. The summed E-state index contributed by atoms with van der Waals surface area (Å²) in [5.41, 5.74) is 0.962. The summed E-state index contributed by atoms with van der Waals surface area (Å²) < 4.78 is 0. The first-order valence-corrected chi connectivity index (χ1v) is 8.27. The van der Waals surface area contributed by atoms with Crippen LogP contribution < -0.4 is 5.32 Å². The summed E-state index contributed by atoms with van der Waals surface area (Å²) in [4.78, 5) is 42.0. The predicted octanol–water partition coefficient (Wildman–Crippen LogP) is 1.60. The maximum atomic E-state index is 12.3. The first-order chi connectivity index (χ1) is 11.6. The molecule has 3 rings (SSSR count). The Kier molecular flexibility index (Phi) is 4.74. The Labute approximate surface area is 140 Å². The number of fused-ring (bicyclic) bond motifs is 1. The second-order valence-electron chi connectivity index (χ2n) is 6.30. The summed E-state index contributed by atoms with van der Waals surface area (Å²) in [6.45, 7) is 2.04. The van der Waals surface area contributed by atoms with Gasteiger partial charge in [-0.15, -0.1) is 0 Å². The number of amides is 3. The number of nitrogens with one attached hydrogen (secondary N) is 1. The Morgan fingerprint density at radius 1 is 1.21 bits per heavy atom. The fraction of sp³-hybridized carbons (Fsp3) is 0.444. The van der Waals surface area contributed by atoms with Gasteiger partial charge in [0.25, 0.3) is 0 Å². The van der Waals surface area contributed by atoms with E-state index in [1.165, 1.54) is 4.90 Å². The minimum absolute atomic E-state index is 0.125. The molecule has 1 aliphatic heterocycles. The molecule has 1 fully saturated rings. The zero-order valence-corrected chi connectivity index (χ0v) is 13.6. The highest BCUT2D eigenvalue weighted by molar-refractivity contribution is 6.05. The molecule has 3 amide bonds. The Balaban J connectivity index is 1.53. The number of hydrogen-bond donors (Lipinski definition) is 1. The van der Waals surface area contributed by atoms with E-state index in [-0.39, 0.29) is 48.6 Å². The average Bonchev–Trinajstić information content (AvgIpc) is 2.85. The van der Waals surface area contributed by atoms with Crippen molar-refractivity contribution < 1.29 is 14.4 Å². The average molecular weight is 327 g/mol. The van der Waals surface area contributed by atoms with Gasteiger partial charge in [0.1, 0.15) is 0 Å². The molecule has 1 N–H and O–H groups in total. The smallest absolute Gasteiger partial charge is 0.233 e. The molecule has 3 atom stereocenters. The van der Waals surface area contributed by atoms with Crippen molar-refractivity contribution in [2.45, 2.75) is 32.2 Å². The van der Waals surface area contributed by atoms with E-state index in [2.05, 4.69) is 10.3 Å². The van der Waals surface area contributed by atoms with Crippen LogP contribution in [0.3, 0.4) is 0 Å². The van der Waals surface area contributed by atoms with Gasteiger partial charge in [-0.2, -0.15) is 0 Å². The highest BCUT2D eigenvalue weighted by Crippen LogP contribution is 2.34. The third kappa shape index (κ3) is 3.22. The number of likely N-dealkylation sites (tertiary alicyclic amines) is 1. The van der Waals surface area contributed by atoms with Crippen molar-refractivity contribution in [2.24, 2.45) is 11.8 Å². The summed E-state index contributed by atoms with van der Waals surface area (Å²) >= 11 is 0. The van der Waals surface area contributed by atoms with Crippen LogP contribution in [0.1, 0.15) is 37.8 Å². The van der Waals surface area contributed by atoms with E-state index in [0.29, 0.717) is 12.8 Å². The zero-order valence-electron chi connectivity index (χ0n) is 13.6. The van der Waals surface area contributed by atoms with Gasteiger partial charge in [0.15, 0.2) is 0 Å². The second-order valence-corrected chi connectivity index (χ2v) is 6.30. The van der Waals surface area contributed by atoms with Crippen LogP contribution in [0.4, 0.5) is 0 Å². The standard InChI is InChI=1S/C18H21N3O3/c1-12(13-6-9-19-10-7-13)20-16(22)8-11-21-17(23)14-4-2-3-5-15(14)18(21)24/h2-3,6-7,9-10,12,14-15H,4-5,8,11H2,1H3,(H,20,22). The summed E-state index contributed by atoms with van der Waals surface area (Å²) in [7, 11) is 0. The van der Waals surface area contributed by atoms with Crippen LogP contribution in [-0.2, 0) is 14.4 Å². The number of rotatable bonds is 5. The Hall–Kier alpha value is -2.50. The molecule has 24 heavy (non-hydrogen) atoms. The van der Waals surface area contributed by atoms with E-state index >= 15 is 0 Å². The molecule has 6 heteroatoms. The van der Waals surface area contributed by atoms with E-state index in [0.717, 1.165) is 5.56 Å². The van der Waals surface area contributed by atoms with Crippen LogP contribution in [0.2, 0.25) is 0 Å². The Morgan fingerprint density at radius 2 is 1.79 bits per heavy atom. The van der Waals surface area contributed by atoms with Crippen LogP contribution in [0.25, 0.3) is 0 Å². The number of nitrogens with zero attached hydrogens (tertiary/aromatic N) is 2. The zero-order chi connectivity index (χ0) is 17.1. The van der Waals surface area contributed by atoms with Crippen LogP contribution in [-0.4, -0.2) is 34.2 Å². The van der Waals surface area contributed by atoms with Gasteiger partial charge >= 0.3 is 0 Å². The molecule has 1 saturated heterocycles. The van der Waals surface area contributed by atoms with Crippen molar-refractivity contribution in [3.63, 3.8) is 0 Å². The molecule has 1 aromatic heterocycles. The van der Waals surface area contributed by atoms with Crippen LogP contribution in [0, 0.1) is 11.8 Å². The van der Waals surface area contributed by atoms with E-state index in [1.807, 2.05) is 31.2 Å². The normalized spacial score (nSPS) is 24.0. The minimum atomic E-state index is -0.235. The quantitative estimate of drug-likeness (QED) is 0.658. The van der Waals surface area contributed by atoms with Crippen molar-refractivity contribution in [1.29, 1.82) is 0 Å². The van der Waals surface area contributed by atoms with Gasteiger partial charge < -0.3 is 5.32 Å². The second kappa shape index (κ2) is 6.95. The molecule has 0 aromatic carbocycles. The van der Waals surface area contributed by atoms with Gasteiger partial charge in [0.2, 0.25) is 17.7 Å². The lowest BCUT2D eigenvalue weighted by Crippen LogP contribution is -2.36. The summed E-state index contributed by atoms with van der Waals surface area (Å²) in [5.74, 6) is -0.913. The van der Waals surface area contributed by atoms with Gasteiger partial charge in [0, 0.05) is 25.4 Å². The van der Waals surface area contributed by atoms with Crippen molar-refractivity contribution in [2.75, 3.05) is 6.54 Å². The van der Waals surface area contributed by atoms with Crippen LogP contribution in [0.5, 0.6) is 0 Å². The fourth-order valence-electron chi connectivity index (χ4n) is 3.35. The number of hydrogen-bond acceptors (Lipinski definition) is 4. The molecule has 1 aromatic rings. The first kappa shape index (κ1) is 16.4. The Morgan fingerprint density at radius 3 is 2.38 bits per heavy atom. The number of imide groups is 1. The van der Waals surface area contributed by atoms with Crippen molar-refractivity contribution in [1.82, 2.24) is 15.2 Å². The molecule has 0 spiro atoms. The molecular weight excluding hydrogens is 306 g/mol. The number of aromatic nitrogens is 1. The molecule has 0 radical (unpaired) electrons. The SMILES string of the molecule is CC(NC(=O)CCN1C(=O)C2CC=CCC2C1=O)c1ccncc1. The van der Waals surface area contributed by atoms with E-state index in [4.69, 9.17) is 0 Å². The number of carbonyl (C=O) groups excluding carboxylic acids is 3. The van der Waals surface area contributed by atoms with Crippen LogP contribution >= 0.6 is 0 Å². The molecule has 2 aliphatic rings. The maximum absolute atomic E-state index is 12.3. The lowest BCUT2D eigenvalue weighted by atomic mass is 9.85. The summed E-state index contributed by atoms with van der Waals surface area (Å²) in [6, 6.07) is 3.55. The fourth-order valence-corrected chi connectivity index (χ4v) is 3.35. The minimum Gasteiger partial charge on any atom is -0.350 e. The number of pyridine rings is 1. The third-order valence-corrected chi connectivity index (χ3v) is 4.74. The molecule has 3 unspecified atom stereocenters. The van der Waals surface area contributed by atoms with Crippen LogP contribution in [0.15, 0.2) is 36.7 Å². The van der Waals surface area contributed by atoms with E-state index in [1.54, 1.807) is 12.4 Å². The van der Waals surface area contributed by atoms with Gasteiger partial charge in [-0.25, -0.2) is 0 Å². The third-order valence-electron chi connectivity index (χ3n) is 4.74. The maximum Gasteiger partial charge on any atom is 0.233 e. The monoisotopic (exact) mass is 327 g/mol.